The molecule has 2 unspecified atom stereocenters. The smallest absolute Gasteiger partial charge is 0.254 e. The van der Waals surface area contributed by atoms with Gasteiger partial charge in [-0.05, 0) is 55.3 Å². The molecule has 6 nitrogen and oxygen atoms in total. The van der Waals surface area contributed by atoms with Gasteiger partial charge in [0.05, 0.1) is 11.7 Å². The summed E-state index contributed by atoms with van der Waals surface area (Å²) >= 11 is 0. The molecule has 3 aliphatic rings. The van der Waals surface area contributed by atoms with Crippen LogP contribution in [0.1, 0.15) is 40.5 Å². The lowest BCUT2D eigenvalue weighted by molar-refractivity contribution is 0.0643. The van der Waals surface area contributed by atoms with Gasteiger partial charge in [0.2, 0.25) is 6.79 Å². The van der Waals surface area contributed by atoms with Crippen LogP contribution < -0.4 is 9.47 Å². The van der Waals surface area contributed by atoms with Crippen LogP contribution in [0.25, 0.3) is 11.4 Å². The summed E-state index contributed by atoms with van der Waals surface area (Å²) in [5.41, 5.74) is 3.36. The second-order valence-electron chi connectivity index (χ2n) is 7.83. The Balaban J connectivity index is 1.32. The minimum atomic E-state index is -0.285. The molecule has 3 aliphatic heterocycles. The number of amides is 1. The van der Waals surface area contributed by atoms with Crippen LogP contribution in [0.5, 0.6) is 11.5 Å². The van der Waals surface area contributed by atoms with Gasteiger partial charge in [0.15, 0.2) is 17.3 Å². The number of hydrogen-bond acceptors (Lipinski definition) is 5. The van der Waals surface area contributed by atoms with Crippen molar-refractivity contribution < 1.29 is 18.7 Å². The average molecular weight is 403 g/mol. The topological polar surface area (TPSA) is 64.6 Å². The fourth-order valence-corrected chi connectivity index (χ4v) is 4.70. The van der Waals surface area contributed by atoms with Crippen molar-refractivity contribution in [2.75, 3.05) is 6.79 Å². The summed E-state index contributed by atoms with van der Waals surface area (Å²) in [5.74, 6) is 1.57. The quantitative estimate of drug-likeness (QED) is 0.649. The number of benzene rings is 2. The third-order valence-electron chi connectivity index (χ3n) is 6.15. The van der Waals surface area contributed by atoms with Crippen molar-refractivity contribution in [3.8, 4) is 22.9 Å². The molecule has 0 saturated carbocycles. The molecule has 0 aliphatic carbocycles. The van der Waals surface area contributed by atoms with Gasteiger partial charge < -0.3 is 14.4 Å². The van der Waals surface area contributed by atoms with E-state index in [0.29, 0.717) is 29.3 Å². The molecule has 2 atom stereocenters. The lowest BCUT2D eigenvalue weighted by Gasteiger charge is -2.35. The Kier molecular flexibility index (Phi) is 3.78. The molecular formula is C23H18FN3O3. The Morgan fingerprint density at radius 2 is 1.90 bits per heavy atom. The lowest BCUT2D eigenvalue weighted by atomic mass is 9.97. The number of hydrogen-bond donors (Lipinski definition) is 0. The molecule has 3 aromatic rings. The van der Waals surface area contributed by atoms with Gasteiger partial charge >= 0.3 is 0 Å². The molecule has 150 valence electrons. The number of rotatable bonds is 2. The number of nitrogens with zero attached hydrogens (tertiary/aromatic N) is 3. The van der Waals surface area contributed by atoms with Crippen LogP contribution >= 0.6 is 0 Å². The predicted molar refractivity (Wildman–Crippen MR) is 106 cm³/mol. The third-order valence-corrected chi connectivity index (χ3v) is 6.15. The fraction of sp³-hybridized carbons (Fsp3) is 0.261. The van der Waals surface area contributed by atoms with E-state index in [-0.39, 0.29) is 30.6 Å². The van der Waals surface area contributed by atoms with Crippen molar-refractivity contribution in [3.63, 3.8) is 0 Å². The Labute approximate surface area is 172 Å². The number of halogens is 1. The van der Waals surface area contributed by atoms with Gasteiger partial charge in [-0.25, -0.2) is 14.4 Å². The Morgan fingerprint density at radius 3 is 2.77 bits per heavy atom. The molecule has 30 heavy (non-hydrogen) atoms. The number of fused-ring (bicyclic) bond motifs is 5. The van der Waals surface area contributed by atoms with Crippen LogP contribution in [-0.2, 0) is 6.42 Å². The highest BCUT2D eigenvalue weighted by Crippen LogP contribution is 2.44. The molecule has 6 rings (SSSR count). The van der Waals surface area contributed by atoms with Crippen LogP contribution in [0.3, 0.4) is 0 Å². The summed E-state index contributed by atoms with van der Waals surface area (Å²) in [5, 5.41) is 0. The monoisotopic (exact) mass is 403 g/mol. The molecule has 1 aromatic heterocycles. The molecule has 1 fully saturated rings. The SMILES string of the molecule is O=C(c1ccc2c(c1)OCO2)N1C2CCC1c1cnc(-c3ccc(F)cc3)nc1C2. The zero-order valence-electron chi connectivity index (χ0n) is 16.0. The van der Waals surface area contributed by atoms with E-state index < -0.39 is 0 Å². The van der Waals surface area contributed by atoms with Crippen molar-refractivity contribution in [2.45, 2.75) is 31.3 Å². The maximum Gasteiger partial charge on any atom is 0.254 e. The molecule has 1 amide bonds. The highest BCUT2D eigenvalue weighted by molar-refractivity contribution is 5.96. The molecule has 2 aromatic carbocycles. The molecule has 0 spiro atoms. The molecule has 0 N–H and O–H groups in total. The lowest BCUT2D eigenvalue weighted by Crippen LogP contribution is -2.42. The third kappa shape index (κ3) is 2.65. The molecule has 2 bridgehead atoms. The molecule has 1 saturated heterocycles. The van der Waals surface area contributed by atoms with Crippen molar-refractivity contribution in [1.29, 1.82) is 0 Å². The number of carbonyl (C=O) groups is 1. The zero-order valence-corrected chi connectivity index (χ0v) is 16.0. The van der Waals surface area contributed by atoms with Crippen LogP contribution in [0, 0.1) is 5.82 Å². The Hall–Kier alpha value is -3.48. The highest BCUT2D eigenvalue weighted by atomic mass is 19.1. The van der Waals surface area contributed by atoms with E-state index in [1.165, 1.54) is 12.1 Å². The molecule has 0 radical (unpaired) electrons. The second kappa shape index (κ2) is 6.52. The summed E-state index contributed by atoms with van der Waals surface area (Å²) in [6.07, 6.45) is 4.35. The first-order valence-electron chi connectivity index (χ1n) is 10.0. The first-order chi connectivity index (χ1) is 14.7. The molecular weight excluding hydrogens is 385 g/mol. The van der Waals surface area contributed by atoms with Crippen molar-refractivity contribution in [1.82, 2.24) is 14.9 Å². The highest BCUT2D eigenvalue weighted by Gasteiger charge is 2.44. The van der Waals surface area contributed by atoms with Gasteiger partial charge in [-0.15, -0.1) is 0 Å². The summed E-state index contributed by atoms with van der Waals surface area (Å²) in [6.45, 7) is 0.184. The van der Waals surface area contributed by atoms with Gasteiger partial charge in [-0.1, -0.05) is 0 Å². The predicted octanol–water partition coefficient (Wildman–Crippen LogP) is 3.91. The van der Waals surface area contributed by atoms with Crippen LogP contribution in [-0.4, -0.2) is 33.6 Å². The minimum Gasteiger partial charge on any atom is -0.454 e. The number of carbonyl (C=O) groups excluding carboxylic acids is 1. The van der Waals surface area contributed by atoms with E-state index in [1.807, 2.05) is 11.1 Å². The minimum absolute atomic E-state index is 0.00550. The zero-order chi connectivity index (χ0) is 20.2. The largest absolute Gasteiger partial charge is 0.454 e. The Bertz CT molecular complexity index is 1160. The summed E-state index contributed by atoms with van der Waals surface area (Å²) in [6, 6.07) is 11.6. The van der Waals surface area contributed by atoms with E-state index in [1.54, 1.807) is 30.3 Å². The van der Waals surface area contributed by atoms with Gasteiger partial charge in [0.25, 0.3) is 5.91 Å². The van der Waals surface area contributed by atoms with E-state index >= 15 is 0 Å². The summed E-state index contributed by atoms with van der Waals surface area (Å²) < 4.78 is 24.0. The van der Waals surface area contributed by atoms with E-state index in [4.69, 9.17) is 14.5 Å². The molecule has 7 heteroatoms. The Morgan fingerprint density at radius 1 is 1.07 bits per heavy atom. The second-order valence-corrected chi connectivity index (χ2v) is 7.83. The number of ether oxygens (including phenoxy) is 2. The maximum absolute atomic E-state index is 13.3. The van der Waals surface area contributed by atoms with Gasteiger partial charge in [-0.3, -0.25) is 4.79 Å². The standard InChI is InChI=1S/C23H18FN3O3/c24-15-4-1-13(2-5-15)22-25-11-17-18(26-22)10-16-6-7-19(17)27(16)23(28)14-3-8-20-21(9-14)30-12-29-20/h1-5,8-9,11,16,19H,6-7,10,12H2. The summed E-state index contributed by atoms with van der Waals surface area (Å²) in [4.78, 5) is 24.6. The van der Waals surface area contributed by atoms with Crippen molar-refractivity contribution in [3.05, 3.63) is 71.3 Å². The summed E-state index contributed by atoms with van der Waals surface area (Å²) in [7, 11) is 0. The van der Waals surface area contributed by atoms with Crippen LogP contribution in [0.4, 0.5) is 4.39 Å². The number of aromatic nitrogens is 2. The first-order valence-corrected chi connectivity index (χ1v) is 10.0. The first kappa shape index (κ1) is 17.4. The average Bonchev–Trinajstić information content (AvgIpc) is 3.36. The van der Waals surface area contributed by atoms with E-state index in [9.17, 15) is 9.18 Å². The van der Waals surface area contributed by atoms with Gasteiger partial charge in [0.1, 0.15) is 5.82 Å². The van der Waals surface area contributed by atoms with E-state index in [2.05, 4.69) is 4.98 Å². The van der Waals surface area contributed by atoms with Crippen molar-refractivity contribution in [2.24, 2.45) is 0 Å². The van der Waals surface area contributed by atoms with Crippen molar-refractivity contribution >= 4 is 5.91 Å². The van der Waals surface area contributed by atoms with Crippen LogP contribution in [0.15, 0.2) is 48.7 Å². The molecule has 4 heterocycles. The normalized spacial score (nSPS) is 20.9. The van der Waals surface area contributed by atoms with E-state index in [0.717, 1.165) is 29.7 Å². The maximum atomic E-state index is 13.3. The van der Waals surface area contributed by atoms with Crippen LogP contribution in [0.2, 0.25) is 0 Å². The van der Waals surface area contributed by atoms with Gasteiger partial charge in [-0.2, -0.15) is 0 Å². The fourth-order valence-electron chi connectivity index (χ4n) is 4.70. The van der Waals surface area contributed by atoms with Gasteiger partial charge in [0, 0.05) is 35.3 Å².